The van der Waals surface area contributed by atoms with Gasteiger partial charge in [0.25, 0.3) is 17.8 Å². The first kappa shape index (κ1) is 40.5. The summed E-state index contributed by atoms with van der Waals surface area (Å²) in [6, 6.07) is 3.25. The zero-order chi connectivity index (χ0) is 38.8. The maximum Gasteiger partial charge on any atom is 0.253 e. The zero-order valence-corrected chi connectivity index (χ0v) is 28.9. The van der Waals surface area contributed by atoms with Gasteiger partial charge in [-0.3, -0.25) is 9.59 Å². The summed E-state index contributed by atoms with van der Waals surface area (Å²) in [5.74, 6) is -3.79. The van der Waals surface area contributed by atoms with Gasteiger partial charge in [0.1, 0.15) is 16.8 Å². The molecule has 6 N–H and O–H groups in total. The number of halogens is 7. The van der Waals surface area contributed by atoms with Crippen molar-refractivity contribution in [3.63, 3.8) is 0 Å². The third-order valence-corrected chi connectivity index (χ3v) is 8.65. The Kier molecular flexibility index (Phi) is 14.1. The Morgan fingerprint density at radius 3 is 2.13 bits per heavy atom. The number of benzene rings is 1. The van der Waals surface area contributed by atoms with Crippen LogP contribution in [0.2, 0.25) is 0 Å². The number of unbranched alkanes of at least 4 members (excludes halogenated alkanes) is 1. The van der Waals surface area contributed by atoms with Crippen molar-refractivity contribution in [2.45, 2.75) is 58.4 Å². The van der Waals surface area contributed by atoms with Gasteiger partial charge in [-0.25, -0.2) is 22.5 Å². The molecule has 3 aromatic rings. The van der Waals surface area contributed by atoms with Crippen molar-refractivity contribution < 1.29 is 40.3 Å². The van der Waals surface area contributed by atoms with Crippen molar-refractivity contribution in [2.75, 3.05) is 18.4 Å². The van der Waals surface area contributed by atoms with Crippen molar-refractivity contribution in [1.29, 1.82) is 0 Å². The molecule has 1 aromatic carbocycles. The van der Waals surface area contributed by atoms with Gasteiger partial charge < -0.3 is 22.1 Å². The standard InChI is InChI=1S/C38H37F7N6O2/c1-3-7-28-29(39)25(30(40)34(43)50-28)15-12-22-18-24(13-10-21(22)11-14-26-31(41)35(44)51-36(45)32(26)42)49-37(52)20(2)8-4-5-17-48-38(53)33(47)27-19-23(27)9-6-16-46/h3,7,10,13,18,20,23,27,33H,4-6,8-9,16-17,19,46-47H2,1-2H3,(H,48,53)(H,49,52)/b7-3+. The van der Waals surface area contributed by atoms with E-state index < -0.39 is 75.8 Å². The summed E-state index contributed by atoms with van der Waals surface area (Å²) in [6.45, 7) is 4.17. The molecular weight excluding hydrogens is 705 g/mol. The average molecular weight is 743 g/mol. The lowest BCUT2D eigenvalue weighted by Gasteiger charge is -2.14. The Morgan fingerprint density at radius 2 is 1.49 bits per heavy atom. The van der Waals surface area contributed by atoms with E-state index in [4.69, 9.17) is 11.5 Å². The molecule has 1 aliphatic carbocycles. The van der Waals surface area contributed by atoms with Crippen LogP contribution in [-0.2, 0) is 9.59 Å². The Bertz CT molecular complexity index is 1990. The van der Waals surface area contributed by atoms with E-state index >= 15 is 0 Å². The van der Waals surface area contributed by atoms with Gasteiger partial charge in [-0.2, -0.15) is 18.2 Å². The van der Waals surface area contributed by atoms with E-state index in [1.54, 1.807) is 6.92 Å². The van der Waals surface area contributed by atoms with E-state index in [2.05, 4.69) is 38.4 Å². The predicted octanol–water partition coefficient (Wildman–Crippen LogP) is 5.85. The molecule has 2 aromatic heterocycles. The number of carbonyl (C=O) groups excluding carboxylic acids is 2. The van der Waals surface area contributed by atoms with Crippen LogP contribution in [0.1, 0.15) is 80.3 Å². The van der Waals surface area contributed by atoms with Gasteiger partial charge in [0.2, 0.25) is 11.8 Å². The molecular formula is C38H37F7N6O2. The molecule has 2 amide bonds. The molecule has 53 heavy (non-hydrogen) atoms. The van der Waals surface area contributed by atoms with Crippen LogP contribution in [-0.4, -0.2) is 40.9 Å². The Labute approximate surface area is 302 Å². The second kappa shape index (κ2) is 18.5. The summed E-state index contributed by atoms with van der Waals surface area (Å²) < 4.78 is 99.5. The second-order valence-corrected chi connectivity index (χ2v) is 12.5. The monoisotopic (exact) mass is 742 g/mol. The number of carbonyl (C=O) groups is 2. The van der Waals surface area contributed by atoms with Gasteiger partial charge in [0, 0.05) is 29.3 Å². The number of pyridine rings is 2. The second-order valence-electron chi connectivity index (χ2n) is 12.5. The first-order valence-corrected chi connectivity index (χ1v) is 16.9. The lowest BCUT2D eigenvalue weighted by atomic mass is 10.0. The van der Waals surface area contributed by atoms with Crippen LogP contribution in [0.4, 0.5) is 36.4 Å². The highest BCUT2D eigenvalue weighted by Gasteiger charge is 2.43. The quantitative estimate of drug-likeness (QED) is 0.0752. The number of nitrogens with zero attached hydrogens (tertiary/aromatic N) is 2. The number of hydrogen-bond donors (Lipinski definition) is 4. The number of nitrogens with one attached hydrogen (secondary N) is 2. The molecule has 0 spiro atoms. The SMILES string of the molecule is C/C=C/c1nc(F)c(F)c(C#Cc2cc(NC(=O)C(C)CCCCNC(=O)C(N)C3CC3CCCN)ccc2C#Cc2c(F)c(F)nc(F)c2F)c1F. The number of aromatic nitrogens is 2. The van der Waals surface area contributed by atoms with Crippen molar-refractivity contribution >= 4 is 23.6 Å². The highest BCUT2D eigenvalue weighted by molar-refractivity contribution is 5.92. The summed E-state index contributed by atoms with van der Waals surface area (Å²) in [4.78, 5) is 31.1. The highest BCUT2D eigenvalue weighted by Crippen LogP contribution is 2.43. The smallest absolute Gasteiger partial charge is 0.253 e. The molecule has 1 fully saturated rings. The van der Waals surface area contributed by atoms with E-state index in [-0.39, 0.29) is 28.6 Å². The molecule has 0 radical (unpaired) electrons. The highest BCUT2D eigenvalue weighted by atomic mass is 19.2. The fraction of sp³-hybridized carbons (Fsp3) is 0.368. The molecule has 2 heterocycles. The van der Waals surface area contributed by atoms with Gasteiger partial charge in [0.05, 0.1) is 6.04 Å². The van der Waals surface area contributed by atoms with Crippen LogP contribution in [0.3, 0.4) is 0 Å². The minimum atomic E-state index is -1.93. The van der Waals surface area contributed by atoms with Crippen molar-refractivity contribution in [3.8, 4) is 23.7 Å². The zero-order valence-electron chi connectivity index (χ0n) is 28.9. The molecule has 4 rings (SSSR count). The lowest BCUT2D eigenvalue weighted by Crippen LogP contribution is -2.42. The van der Waals surface area contributed by atoms with E-state index in [1.165, 1.54) is 31.2 Å². The number of hydrogen-bond acceptors (Lipinski definition) is 6. The molecule has 4 atom stereocenters. The molecule has 280 valence electrons. The maximum atomic E-state index is 15.0. The third kappa shape index (κ3) is 10.4. The normalized spacial score (nSPS) is 15.9. The average Bonchev–Trinajstić information content (AvgIpc) is 3.91. The van der Waals surface area contributed by atoms with E-state index in [9.17, 15) is 40.3 Å². The fourth-order valence-corrected chi connectivity index (χ4v) is 5.52. The fourth-order valence-electron chi connectivity index (χ4n) is 5.52. The first-order chi connectivity index (χ1) is 25.3. The summed E-state index contributed by atoms with van der Waals surface area (Å²) in [5.41, 5.74) is 8.70. The largest absolute Gasteiger partial charge is 0.355 e. The van der Waals surface area contributed by atoms with Gasteiger partial charge >= 0.3 is 0 Å². The van der Waals surface area contributed by atoms with Crippen LogP contribution in [0.15, 0.2) is 24.3 Å². The van der Waals surface area contributed by atoms with Gasteiger partial charge in [-0.05, 0) is 81.7 Å². The molecule has 1 saturated carbocycles. The number of rotatable bonds is 13. The van der Waals surface area contributed by atoms with Crippen molar-refractivity contribution in [2.24, 2.45) is 29.2 Å². The topological polar surface area (TPSA) is 136 Å². The Hall–Kier alpha value is -5.25. The Morgan fingerprint density at radius 1 is 0.868 bits per heavy atom. The third-order valence-electron chi connectivity index (χ3n) is 8.65. The van der Waals surface area contributed by atoms with Crippen LogP contribution in [0.25, 0.3) is 6.08 Å². The molecule has 4 unspecified atom stereocenters. The molecule has 15 heteroatoms. The minimum Gasteiger partial charge on any atom is -0.355 e. The van der Waals surface area contributed by atoms with E-state index in [0.29, 0.717) is 38.3 Å². The molecule has 0 aliphatic heterocycles. The van der Waals surface area contributed by atoms with Crippen LogP contribution in [0, 0.1) is 82.5 Å². The van der Waals surface area contributed by atoms with E-state index in [1.807, 2.05) is 5.92 Å². The molecule has 1 aliphatic rings. The lowest BCUT2D eigenvalue weighted by molar-refractivity contribution is -0.123. The Balaban J connectivity index is 1.49. The van der Waals surface area contributed by atoms with Crippen LogP contribution < -0.4 is 22.1 Å². The number of anilines is 1. The molecule has 0 bridgehead atoms. The molecule has 8 nitrogen and oxygen atoms in total. The van der Waals surface area contributed by atoms with Crippen molar-refractivity contribution in [1.82, 2.24) is 15.3 Å². The summed E-state index contributed by atoms with van der Waals surface area (Å²) in [7, 11) is 0. The van der Waals surface area contributed by atoms with Crippen LogP contribution >= 0.6 is 0 Å². The summed E-state index contributed by atoms with van der Waals surface area (Å²) in [5, 5.41) is 5.52. The van der Waals surface area contributed by atoms with Gasteiger partial charge in [-0.15, -0.1) is 0 Å². The molecule has 0 saturated heterocycles. The predicted molar refractivity (Wildman–Crippen MR) is 184 cm³/mol. The summed E-state index contributed by atoms with van der Waals surface area (Å²) in [6.07, 6.45) is 6.84. The summed E-state index contributed by atoms with van der Waals surface area (Å²) >= 11 is 0. The number of nitrogens with two attached hydrogens (primary N) is 2. The van der Waals surface area contributed by atoms with Crippen LogP contribution in [0.5, 0.6) is 0 Å². The van der Waals surface area contributed by atoms with E-state index in [0.717, 1.165) is 25.3 Å². The number of amides is 2. The van der Waals surface area contributed by atoms with Gasteiger partial charge in [0.15, 0.2) is 23.3 Å². The minimum absolute atomic E-state index is 0.137. The first-order valence-electron chi connectivity index (χ1n) is 16.9. The maximum absolute atomic E-state index is 15.0. The van der Waals surface area contributed by atoms with Crippen molar-refractivity contribution in [3.05, 3.63) is 93.3 Å². The van der Waals surface area contributed by atoms with Gasteiger partial charge in [-0.1, -0.05) is 43.1 Å². The number of allylic oxidation sites excluding steroid dienone is 1.